The highest BCUT2D eigenvalue weighted by Crippen LogP contribution is 2.30. The molecule has 5 heteroatoms. The number of halogens is 4. The molecule has 0 heterocycles. The summed E-state index contributed by atoms with van der Waals surface area (Å²) in [7, 11) is 0. The van der Waals surface area contributed by atoms with Crippen molar-refractivity contribution < 1.29 is 9.13 Å². The molecule has 0 atom stereocenters. The van der Waals surface area contributed by atoms with Crippen LogP contribution in [0, 0.1) is 12.7 Å². The molecular weight excluding hydrogens is 455 g/mol. The molecule has 0 spiro atoms. The van der Waals surface area contributed by atoms with Gasteiger partial charge in [0.25, 0.3) is 0 Å². The van der Waals surface area contributed by atoms with E-state index in [0.29, 0.717) is 10.9 Å². The molecule has 0 aliphatic rings. The quantitative estimate of drug-likeness (QED) is 0.492. The van der Waals surface area contributed by atoms with E-state index in [4.69, 9.17) is 4.74 Å². The molecule has 0 bridgehead atoms. The van der Waals surface area contributed by atoms with Gasteiger partial charge in [0.2, 0.25) is 0 Å². The van der Waals surface area contributed by atoms with Crippen LogP contribution in [-0.4, -0.2) is 0 Å². The summed E-state index contributed by atoms with van der Waals surface area (Å²) in [5.41, 5.74) is 2.58. The first-order chi connectivity index (χ1) is 9.51. The van der Waals surface area contributed by atoms with Gasteiger partial charge >= 0.3 is 0 Å². The van der Waals surface area contributed by atoms with E-state index in [0.717, 1.165) is 25.8 Å². The number of benzene rings is 2. The Morgan fingerprint density at radius 3 is 2.45 bits per heavy atom. The maximum Gasteiger partial charge on any atom is 0.129 e. The lowest BCUT2D eigenvalue weighted by Crippen LogP contribution is -2.02. The summed E-state index contributed by atoms with van der Waals surface area (Å²) in [6.45, 7) is 2.18. The van der Waals surface area contributed by atoms with Crippen LogP contribution in [0.15, 0.2) is 39.3 Å². The molecule has 0 N–H and O–H groups in total. The normalized spacial score (nSPS) is 10.7. The van der Waals surface area contributed by atoms with Crippen molar-refractivity contribution in [1.82, 2.24) is 0 Å². The van der Waals surface area contributed by atoms with E-state index in [-0.39, 0.29) is 12.4 Å². The third-order valence-corrected chi connectivity index (χ3v) is 4.40. The fourth-order valence-corrected chi connectivity index (χ4v) is 3.35. The van der Waals surface area contributed by atoms with E-state index in [9.17, 15) is 4.39 Å². The smallest absolute Gasteiger partial charge is 0.129 e. The Labute approximate surface area is 142 Å². The van der Waals surface area contributed by atoms with Gasteiger partial charge in [0.1, 0.15) is 18.2 Å². The third kappa shape index (κ3) is 3.83. The average Bonchev–Trinajstić information content (AvgIpc) is 2.40. The zero-order valence-corrected chi connectivity index (χ0v) is 15.5. The van der Waals surface area contributed by atoms with Crippen molar-refractivity contribution in [2.45, 2.75) is 18.9 Å². The van der Waals surface area contributed by atoms with Crippen LogP contribution in [0.5, 0.6) is 5.75 Å². The number of hydrogen-bond acceptors (Lipinski definition) is 1. The Balaban J connectivity index is 2.25. The molecule has 0 aromatic heterocycles. The van der Waals surface area contributed by atoms with Crippen LogP contribution >= 0.6 is 47.8 Å². The second kappa shape index (κ2) is 7.05. The SMILES string of the molecule is Cc1cc(Br)cc(CBr)c1OCc1cc(Br)ccc1F. The van der Waals surface area contributed by atoms with Gasteiger partial charge in [-0.3, -0.25) is 0 Å². The Morgan fingerprint density at radius 1 is 1.05 bits per heavy atom. The van der Waals surface area contributed by atoms with Crippen molar-refractivity contribution in [2.75, 3.05) is 0 Å². The maximum atomic E-state index is 13.7. The number of aryl methyl sites for hydroxylation is 1. The molecule has 20 heavy (non-hydrogen) atoms. The molecule has 0 saturated heterocycles. The maximum absolute atomic E-state index is 13.7. The highest BCUT2D eigenvalue weighted by molar-refractivity contribution is 9.10. The molecule has 0 aliphatic carbocycles. The minimum Gasteiger partial charge on any atom is -0.488 e. The second-order valence-corrected chi connectivity index (χ2v) is 6.76. The number of rotatable bonds is 4. The zero-order valence-electron chi connectivity index (χ0n) is 10.7. The first-order valence-electron chi connectivity index (χ1n) is 5.93. The molecule has 0 fully saturated rings. The van der Waals surface area contributed by atoms with Crippen LogP contribution < -0.4 is 4.74 Å². The summed E-state index contributed by atoms with van der Waals surface area (Å²) < 4.78 is 21.4. The molecule has 2 aromatic carbocycles. The van der Waals surface area contributed by atoms with Gasteiger partial charge in [0, 0.05) is 25.4 Å². The van der Waals surface area contributed by atoms with Gasteiger partial charge in [-0.05, 0) is 42.8 Å². The third-order valence-electron chi connectivity index (χ3n) is 2.84. The molecule has 0 saturated carbocycles. The molecule has 0 aliphatic heterocycles. The Bertz CT molecular complexity index is 629. The minimum atomic E-state index is -0.261. The molecular formula is C15H12Br3FO. The fraction of sp³-hybridized carbons (Fsp3) is 0.200. The summed E-state index contributed by atoms with van der Waals surface area (Å²) in [5.74, 6) is 0.535. The van der Waals surface area contributed by atoms with Crippen LogP contribution in [-0.2, 0) is 11.9 Å². The molecule has 1 nitrogen and oxygen atoms in total. The van der Waals surface area contributed by atoms with Crippen molar-refractivity contribution in [3.05, 3.63) is 61.8 Å². The number of alkyl halides is 1. The van der Waals surface area contributed by atoms with Gasteiger partial charge in [0.05, 0.1) is 0 Å². The molecule has 2 aromatic rings. The summed E-state index contributed by atoms with van der Waals surface area (Å²) in [6.07, 6.45) is 0. The Hall–Kier alpha value is -0.390. The van der Waals surface area contributed by atoms with Crippen molar-refractivity contribution in [3.63, 3.8) is 0 Å². The van der Waals surface area contributed by atoms with Crippen molar-refractivity contribution in [1.29, 1.82) is 0 Å². The van der Waals surface area contributed by atoms with E-state index in [1.165, 1.54) is 6.07 Å². The minimum absolute atomic E-state index is 0.202. The van der Waals surface area contributed by atoms with Crippen molar-refractivity contribution in [3.8, 4) is 5.75 Å². The average molecular weight is 467 g/mol. The lowest BCUT2D eigenvalue weighted by molar-refractivity contribution is 0.295. The Kier molecular flexibility index (Phi) is 5.64. The molecule has 0 amide bonds. The highest BCUT2D eigenvalue weighted by atomic mass is 79.9. The van der Waals surface area contributed by atoms with E-state index in [2.05, 4.69) is 47.8 Å². The van der Waals surface area contributed by atoms with Gasteiger partial charge < -0.3 is 4.74 Å². The highest BCUT2D eigenvalue weighted by Gasteiger charge is 2.10. The lowest BCUT2D eigenvalue weighted by Gasteiger charge is -2.14. The molecule has 0 radical (unpaired) electrons. The summed E-state index contributed by atoms with van der Waals surface area (Å²) >= 11 is 10.2. The molecule has 0 unspecified atom stereocenters. The lowest BCUT2D eigenvalue weighted by atomic mass is 10.1. The molecule has 106 valence electrons. The predicted octanol–water partition coefficient (Wildman–Crippen LogP) is 6.13. The monoisotopic (exact) mass is 464 g/mol. The van der Waals surface area contributed by atoms with Gasteiger partial charge in [-0.15, -0.1) is 0 Å². The molecule has 2 rings (SSSR count). The first kappa shape index (κ1) is 16.0. The van der Waals surface area contributed by atoms with Crippen LogP contribution in [0.4, 0.5) is 4.39 Å². The van der Waals surface area contributed by atoms with Crippen LogP contribution in [0.3, 0.4) is 0 Å². The number of ether oxygens (including phenoxy) is 1. The van der Waals surface area contributed by atoms with E-state index in [1.807, 2.05) is 19.1 Å². The fourth-order valence-electron chi connectivity index (χ4n) is 1.91. The van der Waals surface area contributed by atoms with Gasteiger partial charge in [-0.25, -0.2) is 4.39 Å². The van der Waals surface area contributed by atoms with Crippen molar-refractivity contribution in [2.24, 2.45) is 0 Å². The number of hydrogen-bond donors (Lipinski definition) is 0. The van der Waals surface area contributed by atoms with E-state index >= 15 is 0 Å². The largest absolute Gasteiger partial charge is 0.488 e. The van der Waals surface area contributed by atoms with Crippen LogP contribution in [0.2, 0.25) is 0 Å². The van der Waals surface area contributed by atoms with Crippen LogP contribution in [0.1, 0.15) is 16.7 Å². The van der Waals surface area contributed by atoms with Crippen LogP contribution in [0.25, 0.3) is 0 Å². The predicted molar refractivity (Wildman–Crippen MR) is 89.9 cm³/mol. The van der Waals surface area contributed by atoms with Gasteiger partial charge in [-0.1, -0.05) is 47.8 Å². The summed E-state index contributed by atoms with van der Waals surface area (Å²) in [5, 5.41) is 0.684. The summed E-state index contributed by atoms with van der Waals surface area (Å²) in [6, 6.07) is 8.82. The zero-order chi connectivity index (χ0) is 14.7. The second-order valence-electron chi connectivity index (χ2n) is 4.37. The van der Waals surface area contributed by atoms with Gasteiger partial charge in [0.15, 0.2) is 0 Å². The topological polar surface area (TPSA) is 9.23 Å². The first-order valence-corrected chi connectivity index (χ1v) is 8.63. The summed E-state index contributed by atoms with van der Waals surface area (Å²) in [4.78, 5) is 0. The van der Waals surface area contributed by atoms with Gasteiger partial charge in [-0.2, -0.15) is 0 Å². The van der Waals surface area contributed by atoms with E-state index < -0.39 is 0 Å². The Morgan fingerprint density at radius 2 is 1.75 bits per heavy atom. The standard InChI is InChI=1S/C15H12Br3FO/c1-9-4-13(18)5-10(7-16)15(9)20-8-11-6-12(17)2-3-14(11)19/h2-6H,7-8H2,1H3. The van der Waals surface area contributed by atoms with E-state index in [1.54, 1.807) is 12.1 Å². The van der Waals surface area contributed by atoms with Crippen molar-refractivity contribution >= 4 is 47.8 Å².